The Labute approximate surface area is 168 Å². The first-order chi connectivity index (χ1) is 13.1. The van der Waals surface area contributed by atoms with E-state index in [-0.39, 0.29) is 6.42 Å². The van der Waals surface area contributed by atoms with E-state index in [1.165, 1.54) is 11.1 Å². The van der Waals surface area contributed by atoms with Crippen LogP contribution in [0.15, 0.2) is 34.9 Å². The molecule has 28 heavy (non-hydrogen) atoms. The molecule has 0 amide bonds. The average Bonchev–Trinajstić information content (AvgIpc) is 2.62. The topological polar surface area (TPSA) is 115 Å². The summed E-state index contributed by atoms with van der Waals surface area (Å²) in [5.41, 5.74) is 1.53. The Kier molecular flexibility index (Phi) is 12.6. The van der Waals surface area contributed by atoms with Crippen LogP contribution in [-0.4, -0.2) is 51.5 Å². The van der Waals surface area contributed by atoms with Gasteiger partial charge in [0.25, 0.3) is 0 Å². The van der Waals surface area contributed by atoms with Crippen LogP contribution >= 0.6 is 0 Å². The van der Waals surface area contributed by atoms with Gasteiger partial charge in [-0.15, -0.1) is 0 Å². The monoisotopic (exact) mass is 396 g/mol. The third kappa shape index (κ3) is 8.95. The number of aliphatic hydroxyl groups is 3. The summed E-state index contributed by atoms with van der Waals surface area (Å²) in [6, 6.07) is 0. The zero-order valence-corrected chi connectivity index (χ0v) is 17.6. The molecule has 6 heteroatoms. The van der Waals surface area contributed by atoms with Gasteiger partial charge in [-0.2, -0.15) is 0 Å². The van der Waals surface area contributed by atoms with Gasteiger partial charge in [0, 0.05) is 6.42 Å². The van der Waals surface area contributed by atoms with Crippen LogP contribution in [0.25, 0.3) is 0 Å². The molecule has 0 rings (SSSR count). The summed E-state index contributed by atoms with van der Waals surface area (Å²) < 4.78 is 0. The van der Waals surface area contributed by atoms with E-state index < -0.39 is 36.5 Å². The third-order valence-electron chi connectivity index (χ3n) is 4.82. The highest BCUT2D eigenvalue weighted by molar-refractivity contribution is 5.90. The van der Waals surface area contributed by atoms with Crippen LogP contribution in [0.5, 0.6) is 0 Å². The normalized spacial score (nSPS) is 14.0. The number of ketones is 1. The number of hydrogen-bond acceptors (Lipinski definition) is 5. The highest BCUT2D eigenvalue weighted by Gasteiger charge is 2.47. The Hall–Kier alpha value is -1.76. The van der Waals surface area contributed by atoms with Gasteiger partial charge in [-0.3, -0.25) is 9.59 Å². The molecule has 6 nitrogen and oxygen atoms in total. The van der Waals surface area contributed by atoms with Crippen molar-refractivity contribution in [1.82, 2.24) is 0 Å². The van der Waals surface area contributed by atoms with Gasteiger partial charge in [0.15, 0.2) is 5.78 Å². The maximum Gasteiger partial charge on any atom is 0.317 e. The number of aliphatic carboxylic acids is 1. The van der Waals surface area contributed by atoms with Crippen molar-refractivity contribution in [2.45, 2.75) is 72.3 Å². The summed E-state index contributed by atoms with van der Waals surface area (Å²) in [5, 5.41) is 37.6. The first-order valence-electron chi connectivity index (χ1n) is 9.71. The Morgan fingerprint density at radius 1 is 0.821 bits per heavy atom. The lowest BCUT2D eigenvalue weighted by Crippen LogP contribution is -2.52. The minimum Gasteiger partial charge on any atom is -0.481 e. The van der Waals surface area contributed by atoms with Crippen LogP contribution in [0.1, 0.15) is 66.2 Å². The maximum atomic E-state index is 12.1. The second-order valence-electron chi connectivity index (χ2n) is 7.64. The van der Waals surface area contributed by atoms with Gasteiger partial charge in [0.1, 0.15) is 11.5 Å². The third-order valence-corrected chi connectivity index (χ3v) is 4.82. The van der Waals surface area contributed by atoms with Crippen LogP contribution in [0, 0.1) is 5.41 Å². The lowest BCUT2D eigenvalue weighted by atomic mass is 9.80. The van der Waals surface area contributed by atoms with Crippen molar-refractivity contribution in [3.8, 4) is 0 Å². The number of aliphatic hydroxyl groups excluding tert-OH is 3. The number of carboxylic acid groups (broad SMARTS) is 1. The molecule has 4 N–H and O–H groups in total. The molecule has 1 atom stereocenters. The quantitative estimate of drug-likeness (QED) is 0.335. The second-order valence-corrected chi connectivity index (χ2v) is 7.64. The summed E-state index contributed by atoms with van der Waals surface area (Å²) in [5.74, 6) is -2.30. The van der Waals surface area contributed by atoms with Crippen molar-refractivity contribution < 1.29 is 30.0 Å². The van der Waals surface area contributed by atoms with Crippen LogP contribution in [0.2, 0.25) is 0 Å². The lowest BCUT2D eigenvalue weighted by molar-refractivity contribution is -0.170. The molecule has 0 aliphatic rings. The van der Waals surface area contributed by atoms with E-state index in [4.69, 9.17) is 5.11 Å². The van der Waals surface area contributed by atoms with Crippen molar-refractivity contribution in [2.24, 2.45) is 5.41 Å². The summed E-state index contributed by atoms with van der Waals surface area (Å²) in [6.07, 6.45) is 8.58. The average molecular weight is 397 g/mol. The lowest BCUT2D eigenvalue weighted by Gasteiger charge is -2.29. The predicted octanol–water partition coefficient (Wildman–Crippen LogP) is 3.17. The van der Waals surface area contributed by atoms with Crippen molar-refractivity contribution in [3.63, 3.8) is 0 Å². The number of allylic oxidation sites excluding steroid dienone is 6. The van der Waals surface area contributed by atoms with E-state index >= 15 is 0 Å². The molecular weight excluding hydrogens is 360 g/mol. The van der Waals surface area contributed by atoms with Gasteiger partial charge in [-0.1, -0.05) is 34.9 Å². The van der Waals surface area contributed by atoms with E-state index in [9.17, 15) is 24.9 Å². The molecule has 0 radical (unpaired) electrons. The molecule has 0 aliphatic heterocycles. The molecule has 0 heterocycles. The molecule has 1 unspecified atom stereocenters. The number of hydrogen-bond donors (Lipinski definition) is 4. The fourth-order valence-corrected chi connectivity index (χ4v) is 2.72. The largest absolute Gasteiger partial charge is 0.481 e. The number of carbonyl (C=O) groups excluding carboxylic acids is 1. The van der Waals surface area contributed by atoms with Crippen molar-refractivity contribution in [2.75, 3.05) is 13.2 Å². The highest BCUT2D eigenvalue weighted by atomic mass is 16.4. The predicted molar refractivity (Wildman–Crippen MR) is 110 cm³/mol. The fourth-order valence-electron chi connectivity index (χ4n) is 2.72. The van der Waals surface area contributed by atoms with Crippen LogP contribution in [0.3, 0.4) is 0 Å². The van der Waals surface area contributed by atoms with E-state index in [0.29, 0.717) is 6.42 Å². The van der Waals surface area contributed by atoms with Gasteiger partial charge < -0.3 is 20.4 Å². The van der Waals surface area contributed by atoms with Gasteiger partial charge in [-0.25, -0.2) is 0 Å². The van der Waals surface area contributed by atoms with E-state index in [2.05, 4.69) is 32.9 Å². The highest BCUT2D eigenvalue weighted by Crippen LogP contribution is 2.24. The van der Waals surface area contributed by atoms with Crippen molar-refractivity contribution in [3.05, 3.63) is 34.9 Å². The Bertz CT molecular complexity index is 592. The van der Waals surface area contributed by atoms with Crippen molar-refractivity contribution in [1.29, 1.82) is 0 Å². The first-order valence-corrected chi connectivity index (χ1v) is 9.71. The molecule has 0 aromatic heterocycles. The number of rotatable bonds is 14. The zero-order valence-electron chi connectivity index (χ0n) is 17.6. The first kappa shape index (κ1) is 26.2. The Balaban J connectivity index is 4.48. The molecule has 0 aliphatic carbocycles. The van der Waals surface area contributed by atoms with Gasteiger partial charge in [-0.05, 0) is 59.8 Å². The SMILES string of the molecule is CC(C)=CCCC(C)=CCCC(C)=CCCC(=O)C(O)C(CO)(CO)C(=O)O. The zero-order chi connectivity index (χ0) is 21.7. The summed E-state index contributed by atoms with van der Waals surface area (Å²) in [6.45, 7) is 6.24. The molecule has 0 bridgehead atoms. The minimum absolute atomic E-state index is 0.0505. The standard InChI is InChI=1S/C22H36O6/c1-16(2)8-5-9-17(3)10-6-11-18(4)12-7-13-19(25)20(26)22(14-23,15-24)21(27)28/h8,10,12,20,23-24,26H,5-7,9,11,13-15H2,1-4H3,(H,27,28). The summed E-state index contributed by atoms with van der Waals surface area (Å²) in [7, 11) is 0. The van der Waals surface area contributed by atoms with Gasteiger partial charge in [0.2, 0.25) is 0 Å². The Morgan fingerprint density at radius 3 is 1.64 bits per heavy atom. The number of carbonyl (C=O) groups is 2. The molecule has 0 fully saturated rings. The molecular formula is C22H36O6. The van der Waals surface area contributed by atoms with E-state index in [1.807, 2.05) is 13.0 Å². The minimum atomic E-state index is -2.26. The summed E-state index contributed by atoms with van der Waals surface area (Å²) >= 11 is 0. The van der Waals surface area contributed by atoms with Gasteiger partial charge >= 0.3 is 5.97 Å². The molecule has 160 valence electrons. The van der Waals surface area contributed by atoms with E-state index in [1.54, 1.807) is 0 Å². The van der Waals surface area contributed by atoms with Crippen LogP contribution < -0.4 is 0 Å². The second kappa shape index (κ2) is 13.4. The molecule has 0 spiro atoms. The summed E-state index contributed by atoms with van der Waals surface area (Å²) in [4.78, 5) is 23.3. The molecule has 0 saturated carbocycles. The number of Topliss-reactive ketones (excluding diaryl/α,β-unsaturated/α-hetero) is 1. The van der Waals surface area contributed by atoms with Crippen LogP contribution in [0.4, 0.5) is 0 Å². The maximum absolute atomic E-state index is 12.1. The Morgan fingerprint density at radius 2 is 1.25 bits per heavy atom. The molecule has 0 aromatic carbocycles. The number of carboxylic acids is 1. The smallest absolute Gasteiger partial charge is 0.317 e. The van der Waals surface area contributed by atoms with Crippen LogP contribution in [-0.2, 0) is 9.59 Å². The van der Waals surface area contributed by atoms with Crippen molar-refractivity contribution >= 4 is 11.8 Å². The van der Waals surface area contributed by atoms with Gasteiger partial charge in [0.05, 0.1) is 13.2 Å². The fraction of sp³-hybridized carbons (Fsp3) is 0.636. The molecule has 0 aromatic rings. The molecule has 0 saturated heterocycles. The van der Waals surface area contributed by atoms with E-state index in [0.717, 1.165) is 31.3 Å².